The number of carboxylic acids is 1. The van der Waals surface area contributed by atoms with E-state index in [1.165, 1.54) is 19.2 Å². The lowest BCUT2D eigenvalue weighted by Gasteiger charge is -2.58. The van der Waals surface area contributed by atoms with Gasteiger partial charge in [0.1, 0.15) is 5.54 Å². The maximum Gasteiger partial charge on any atom is 0.387 e. The molecule has 28 heavy (non-hydrogen) atoms. The van der Waals surface area contributed by atoms with Gasteiger partial charge in [-0.25, -0.2) is 9.59 Å². The fourth-order valence-electron chi connectivity index (χ4n) is 3.34. The van der Waals surface area contributed by atoms with Crippen molar-refractivity contribution in [2.75, 3.05) is 19.0 Å². The predicted molar refractivity (Wildman–Crippen MR) is 96.0 cm³/mol. The van der Waals surface area contributed by atoms with Crippen LogP contribution in [0.2, 0.25) is 0 Å². The molecule has 0 spiro atoms. The number of carboxylic acid groups (broad SMARTS) is 1. The van der Waals surface area contributed by atoms with Gasteiger partial charge in [-0.3, -0.25) is 0 Å². The number of amides is 2. The second-order valence-corrected chi connectivity index (χ2v) is 6.90. The Morgan fingerprint density at radius 3 is 2.50 bits per heavy atom. The second-order valence-electron chi connectivity index (χ2n) is 6.90. The molecule has 1 fully saturated rings. The highest BCUT2D eigenvalue weighted by molar-refractivity contribution is 5.95. The molecule has 1 aliphatic rings. The first-order valence-electron chi connectivity index (χ1n) is 8.64. The highest BCUT2D eigenvalue weighted by Crippen LogP contribution is 2.51. The van der Waals surface area contributed by atoms with Gasteiger partial charge >= 0.3 is 18.6 Å². The Balaban J connectivity index is 2.15. The molecule has 10 heteroatoms. The van der Waals surface area contributed by atoms with E-state index in [0.717, 1.165) is 6.07 Å². The number of carbonyl (C=O) groups is 2. The van der Waals surface area contributed by atoms with Gasteiger partial charge in [-0.2, -0.15) is 8.78 Å². The minimum atomic E-state index is -3.07. The van der Waals surface area contributed by atoms with Crippen molar-refractivity contribution in [1.29, 1.82) is 0 Å². The van der Waals surface area contributed by atoms with Crippen LogP contribution in [0.3, 0.4) is 0 Å². The molecule has 0 heterocycles. The maximum absolute atomic E-state index is 12.5. The van der Waals surface area contributed by atoms with Crippen molar-refractivity contribution in [1.82, 2.24) is 5.32 Å². The Hall–Kier alpha value is -2.62. The van der Waals surface area contributed by atoms with Gasteiger partial charge in [0.25, 0.3) is 0 Å². The fourth-order valence-corrected chi connectivity index (χ4v) is 3.34. The van der Waals surface area contributed by atoms with E-state index in [0.29, 0.717) is 6.61 Å². The molecule has 1 aromatic carbocycles. The molecule has 3 N–H and O–H groups in total. The van der Waals surface area contributed by atoms with Crippen LogP contribution >= 0.6 is 0 Å². The Morgan fingerprint density at radius 1 is 1.32 bits per heavy atom. The first-order valence-corrected chi connectivity index (χ1v) is 8.64. The molecule has 0 aliphatic heterocycles. The largest absolute Gasteiger partial charge is 0.493 e. The van der Waals surface area contributed by atoms with Crippen LogP contribution in [-0.2, 0) is 9.53 Å². The molecule has 8 nitrogen and oxygen atoms in total. The van der Waals surface area contributed by atoms with E-state index in [-0.39, 0.29) is 29.7 Å². The number of aliphatic carboxylic acids is 1. The third-order valence-electron chi connectivity index (χ3n) is 5.09. The molecule has 1 saturated carbocycles. The van der Waals surface area contributed by atoms with E-state index in [1.54, 1.807) is 20.8 Å². The highest BCUT2D eigenvalue weighted by atomic mass is 19.3. The SMILES string of the molecule is CCOC1CC(NC(=O)Nc2ccc(OC)c(OC(F)F)c2)(C(=O)O)C1(C)C. The van der Waals surface area contributed by atoms with Crippen LogP contribution in [-0.4, -0.2) is 49.1 Å². The van der Waals surface area contributed by atoms with Gasteiger partial charge in [0.15, 0.2) is 11.5 Å². The summed E-state index contributed by atoms with van der Waals surface area (Å²) in [6, 6.07) is 3.13. The smallest absolute Gasteiger partial charge is 0.387 e. The van der Waals surface area contributed by atoms with E-state index < -0.39 is 29.6 Å². The number of hydrogen-bond acceptors (Lipinski definition) is 5. The van der Waals surface area contributed by atoms with Gasteiger partial charge in [0, 0.05) is 30.2 Å². The lowest BCUT2D eigenvalue weighted by molar-refractivity contribution is -0.190. The summed E-state index contributed by atoms with van der Waals surface area (Å²) in [5.41, 5.74) is -2.24. The molecule has 2 amide bonds. The number of nitrogens with one attached hydrogen (secondary N) is 2. The summed E-state index contributed by atoms with van der Waals surface area (Å²) >= 11 is 0. The van der Waals surface area contributed by atoms with Gasteiger partial charge in [-0.1, -0.05) is 13.8 Å². The molecule has 2 atom stereocenters. The minimum Gasteiger partial charge on any atom is -0.493 e. The molecular formula is C18H24F2N2O6. The van der Waals surface area contributed by atoms with E-state index in [9.17, 15) is 23.5 Å². The number of hydrogen-bond donors (Lipinski definition) is 3. The molecule has 0 saturated heterocycles. The summed E-state index contributed by atoms with van der Waals surface area (Å²) in [5.74, 6) is -1.38. The Labute approximate surface area is 161 Å². The summed E-state index contributed by atoms with van der Waals surface area (Å²) < 4.78 is 39.9. The Morgan fingerprint density at radius 2 is 2.00 bits per heavy atom. The fraction of sp³-hybridized carbons (Fsp3) is 0.556. The second kappa shape index (κ2) is 8.17. The number of ether oxygens (including phenoxy) is 3. The van der Waals surface area contributed by atoms with Gasteiger partial charge in [0.05, 0.1) is 13.2 Å². The lowest BCUT2D eigenvalue weighted by Crippen LogP contribution is -2.76. The third-order valence-corrected chi connectivity index (χ3v) is 5.09. The van der Waals surface area contributed by atoms with Crippen molar-refractivity contribution < 1.29 is 37.7 Å². The number of alkyl halides is 2. The molecule has 0 bridgehead atoms. The van der Waals surface area contributed by atoms with Crippen LogP contribution in [0.1, 0.15) is 27.2 Å². The topological polar surface area (TPSA) is 106 Å². The summed E-state index contributed by atoms with van der Waals surface area (Å²) in [6.07, 6.45) is -0.209. The number of halogens is 2. The van der Waals surface area contributed by atoms with Crippen molar-refractivity contribution in [2.24, 2.45) is 5.41 Å². The quantitative estimate of drug-likeness (QED) is 0.617. The zero-order valence-corrected chi connectivity index (χ0v) is 16.0. The molecule has 0 radical (unpaired) electrons. The molecule has 2 unspecified atom stereocenters. The molecular weight excluding hydrogens is 378 g/mol. The number of anilines is 1. The molecule has 1 aliphatic carbocycles. The van der Waals surface area contributed by atoms with Crippen LogP contribution in [0, 0.1) is 5.41 Å². The van der Waals surface area contributed by atoms with E-state index in [1.807, 2.05) is 0 Å². The zero-order valence-electron chi connectivity index (χ0n) is 16.0. The van der Waals surface area contributed by atoms with Gasteiger partial charge < -0.3 is 30.0 Å². The maximum atomic E-state index is 12.5. The van der Waals surface area contributed by atoms with Crippen molar-refractivity contribution in [2.45, 2.75) is 45.4 Å². The van der Waals surface area contributed by atoms with E-state index >= 15 is 0 Å². The first kappa shape index (κ1) is 21.7. The average Bonchev–Trinajstić information content (AvgIpc) is 2.60. The third kappa shape index (κ3) is 3.96. The van der Waals surface area contributed by atoms with Crippen molar-refractivity contribution in [3.05, 3.63) is 18.2 Å². The number of carbonyl (C=O) groups excluding carboxylic acids is 1. The first-order chi connectivity index (χ1) is 13.1. The average molecular weight is 402 g/mol. The van der Waals surface area contributed by atoms with Crippen LogP contribution in [0.25, 0.3) is 0 Å². The Kier molecular flexibility index (Phi) is 6.33. The van der Waals surface area contributed by atoms with Crippen molar-refractivity contribution >= 4 is 17.7 Å². The summed E-state index contributed by atoms with van der Waals surface area (Å²) in [5, 5.41) is 14.6. The van der Waals surface area contributed by atoms with E-state index in [2.05, 4.69) is 15.4 Å². The zero-order chi connectivity index (χ0) is 21.1. The summed E-state index contributed by atoms with van der Waals surface area (Å²) in [7, 11) is 1.29. The molecule has 1 aromatic rings. The van der Waals surface area contributed by atoms with Crippen LogP contribution in [0.5, 0.6) is 11.5 Å². The van der Waals surface area contributed by atoms with Crippen LogP contribution in [0.4, 0.5) is 19.3 Å². The summed E-state index contributed by atoms with van der Waals surface area (Å²) in [4.78, 5) is 24.3. The minimum absolute atomic E-state index is 0.0629. The van der Waals surface area contributed by atoms with Gasteiger partial charge in [-0.15, -0.1) is 0 Å². The predicted octanol–water partition coefficient (Wildman–Crippen LogP) is 3.08. The highest BCUT2D eigenvalue weighted by Gasteiger charge is 2.66. The number of benzene rings is 1. The number of rotatable bonds is 8. The normalized spacial score (nSPS) is 22.9. The van der Waals surface area contributed by atoms with Gasteiger partial charge in [-0.05, 0) is 19.1 Å². The number of urea groups is 1. The monoisotopic (exact) mass is 402 g/mol. The standard InChI is InChI=1S/C18H24F2N2O6/c1-5-27-13-9-18(14(23)24,17(13,2)3)22-16(25)21-10-6-7-11(26-4)12(8-10)28-15(19)20/h6-8,13,15H,5,9H2,1-4H3,(H,23,24)(H2,21,22,25). The molecule has 2 rings (SSSR count). The van der Waals surface area contributed by atoms with Crippen LogP contribution in [0.15, 0.2) is 18.2 Å². The Bertz CT molecular complexity index is 743. The summed E-state index contributed by atoms with van der Waals surface area (Å²) in [6.45, 7) is 2.56. The van der Waals surface area contributed by atoms with Crippen molar-refractivity contribution in [3.8, 4) is 11.5 Å². The molecule has 0 aromatic heterocycles. The van der Waals surface area contributed by atoms with Crippen molar-refractivity contribution in [3.63, 3.8) is 0 Å². The van der Waals surface area contributed by atoms with Gasteiger partial charge in [0.2, 0.25) is 0 Å². The number of methoxy groups -OCH3 is 1. The van der Waals surface area contributed by atoms with E-state index in [4.69, 9.17) is 9.47 Å². The molecule has 156 valence electrons. The lowest BCUT2D eigenvalue weighted by atomic mass is 9.54. The van der Waals surface area contributed by atoms with Crippen LogP contribution < -0.4 is 20.1 Å².